The van der Waals surface area contributed by atoms with Crippen LogP contribution in [0.4, 0.5) is 13.2 Å². The molecule has 0 aliphatic carbocycles. The molecule has 2 heterocycles. The first-order chi connectivity index (χ1) is 15.8. The Morgan fingerprint density at radius 2 is 1.94 bits per heavy atom. The van der Waals surface area contributed by atoms with Crippen molar-refractivity contribution in [2.45, 2.75) is 31.1 Å². The first-order valence-electron chi connectivity index (χ1n) is 9.34. The lowest BCUT2D eigenvalue weighted by Crippen LogP contribution is -2.29. The minimum absolute atomic E-state index is 0.0653. The summed E-state index contributed by atoms with van der Waals surface area (Å²) in [6, 6.07) is 4.72. The Kier molecular flexibility index (Phi) is 6.55. The van der Waals surface area contributed by atoms with Gasteiger partial charge in [-0.25, -0.2) is 23.4 Å². The lowest BCUT2D eigenvalue weighted by molar-refractivity contribution is -0.274. The summed E-state index contributed by atoms with van der Waals surface area (Å²) in [5, 5.41) is 15.8. The minimum atomic E-state index is -5.09. The number of rotatable bonds is 6. The standard InChI is InChI=1S/C19H16F3N7O4S/c1-10(17-27-11(2)28-29(17)16-6-13(8-23)24-9-25-16)26-18(30)12-4-14(33-19(20,21)22)7-15(5-12)34(3,31)32/h4-7,9-10H,1-3H3,(H,26,30)/t10-/m0/s1. The SMILES string of the molecule is Cc1nc([C@H](C)NC(=O)c2cc(OC(F)(F)F)cc(S(C)(=O)=O)c2)n(-c2cc(C#N)ncn2)n1. The quantitative estimate of drug-likeness (QED) is 0.541. The van der Waals surface area contributed by atoms with E-state index < -0.39 is 38.8 Å². The number of benzene rings is 1. The Hall–Kier alpha value is -4.06. The summed E-state index contributed by atoms with van der Waals surface area (Å²) in [6.07, 6.45) is -3.16. The molecular weight excluding hydrogens is 479 g/mol. The number of carbonyl (C=O) groups is 1. The highest BCUT2D eigenvalue weighted by molar-refractivity contribution is 7.90. The summed E-state index contributed by atoms with van der Waals surface area (Å²) in [7, 11) is -3.96. The summed E-state index contributed by atoms with van der Waals surface area (Å²) in [6.45, 7) is 3.11. The van der Waals surface area contributed by atoms with Crippen LogP contribution in [-0.4, -0.2) is 51.7 Å². The monoisotopic (exact) mass is 495 g/mol. The lowest BCUT2D eigenvalue weighted by Gasteiger charge is -2.16. The highest BCUT2D eigenvalue weighted by atomic mass is 32.2. The van der Waals surface area contributed by atoms with Crippen LogP contribution >= 0.6 is 0 Å². The number of hydrogen-bond acceptors (Lipinski definition) is 9. The van der Waals surface area contributed by atoms with Gasteiger partial charge in [0.15, 0.2) is 21.5 Å². The number of nitrogens with one attached hydrogen (secondary N) is 1. The number of sulfone groups is 1. The van der Waals surface area contributed by atoms with Gasteiger partial charge in [0, 0.05) is 17.9 Å². The van der Waals surface area contributed by atoms with Gasteiger partial charge in [-0.2, -0.15) is 9.94 Å². The molecule has 0 spiro atoms. The lowest BCUT2D eigenvalue weighted by atomic mass is 10.2. The zero-order valence-corrected chi connectivity index (χ0v) is 18.6. The van der Waals surface area contributed by atoms with Crippen LogP contribution < -0.4 is 10.1 Å². The number of hydrogen-bond donors (Lipinski definition) is 1. The molecule has 1 N–H and O–H groups in total. The third kappa shape index (κ3) is 5.84. The van der Waals surface area contributed by atoms with Crippen molar-refractivity contribution >= 4 is 15.7 Å². The highest BCUT2D eigenvalue weighted by Crippen LogP contribution is 2.27. The van der Waals surface area contributed by atoms with Crippen LogP contribution in [0, 0.1) is 18.3 Å². The summed E-state index contributed by atoms with van der Waals surface area (Å²) in [5.74, 6) is -1.05. The first kappa shape index (κ1) is 24.6. The van der Waals surface area contributed by atoms with E-state index in [2.05, 4.69) is 30.1 Å². The predicted octanol–water partition coefficient (Wildman–Crippen LogP) is 2.03. The van der Waals surface area contributed by atoms with Crippen LogP contribution in [0.2, 0.25) is 0 Å². The van der Waals surface area contributed by atoms with Gasteiger partial charge in [0.05, 0.1) is 10.9 Å². The van der Waals surface area contributed by atoms with E-state index in [1.54, 1.807) is 6.92 Å². The maximum Gasteiger partial charge on any atom is 0.573 e. The number of aryl methyl sites for hydroxylation is 1. The van der Waals surface area contributed by atoms with Gasteiger partial charge in [-0.05, 0) is 32.0 Å². The van der Waals surface area contributed by atoms with Gasteiger partial charge in [-0.15, -0.1) is 18.3 Å². The van der Waals surface area contributed by atoms with Crippen molar-refractivity contribution in [2.24, 2.45) is 0 Å². The van der Waals surface area contributed by atoms with Crippen LogP contribution in [0.25, 0.3) is 5.82 Å². The Morgan fingerprint density at radius 1 is 1.24 bits per heavy atom. The number of carbonyl (C=O) groups excluding carboxylic acids is 1. The molecule has 1 atom stereocenters. The zero-order valence-electron chi connectivity index (χ0n) is 17.8. The highest BCUT2D eigenvalue weighted by Gasteiger charge is 2.32. The van der Waals surface area contributed by atoms with Gasteiger partial charge in [0.2, 0.25) is 0 Å². The molecule has 0 aliphatic heterocycles. The molecule has 1 amide bonds. The normalized spacial score (nSPS) is 12.6. The predicted molar refractivity (Wildman–Crippen MR) is 109 cm³/mol. The number of aromatic nitrogens is 5. The molecule has 3 aromatic rings. The van der Waals surface area contributed by atoms with Gasteiger partial charge in [0.1, 0.15) is 29.7 Å². The van der Waals surface area contributed by atoms with E-state index in [0.29, 0.717) is 11.9 Å². The van der Waals surface area contributed by atoms with Crippen LogP contribution in [0.5, 0.6) is 5.75 Å². The van der Waals surface area contributed by atoms with Crippen LogP contribution in [0.15, 0.2) is 35.5 Å². The third-order valence-corrected chi connectivity index (χ3v) is 5.35. The topological polar surface area (TPSA) is 153 Å². The van der Waals surface area contributed by atoms with Gasteiger partial charge < -0.3 is 10.1 Å². The van der Waals surface area contributed by atoms with Gasteiger partial charge in [-0.3, -0.25) is 4.79 Å². The van der Waals surface area contributed by atoms with E-state index in [1.807, 2.05) is 6.07 Å². The molecule has 34 heavy (non-hydrogen) atoms. The van der Waals surface area contributed by atoms with E-state index in [-0.39, 0.29) is 22.9 Å². The summed E-state index contributed by atoms with van der Waals surface area (Å²) in [4.78, 5) is 24.3. The molecule has 0 fully saturated rings. The van der Waals surface area contributed by atoms with Crippen LogP contribution in [0.3, 0.4) is 0 Å². The van der Waals surface area contributed by atoms with Crippen molar-refractivity contribution in [3.05, 3.63) is 53.5 Å². The zero-order chi connectivity index (χ0) is 25.3. The molecule has 178 valence electrons. The van der Waals surface area contributed by atoms with Gasteiger partial charge in [-0.1, -0.05) is 0 Å². The molecule has 0 aliphatic rings. The fourth-order valence-electron chi connectivity index (χ4n) is 2.86. The molecule has 0 saturated heterocycles. The van der Waals surface area contributed by atoms with E-state index in [9.17, 15) is 26.4 Å². The number of halogens is 3. The molecule has 0 unspecified atom stereocenters. The van der Waals surface area contributed by atoms with E-state index in [4.69, 9.17) is 5.26 Å². The Morgan fingerprint density at radius 3 is 2.56 bits per heavy atom. The van der Waals surface area contributed by atoms with E-state index in [1.165, 1.54) is 17.7 Å². The fraction of sp³-hybridized carbons (Fsp3) is 0.263. The molecule has 15 heteroatoms. The van der Waals surface area contributed by atoms with Gasteiger partial charge in [0.25, 0.3) is 5.91 Å². The maximum absolute atomic E-state index is 12.8. The first-order valence-corrected chi connectivity index (χ1v) is 11.2. The Labute approximate surface area is 191 Å². The smallest absolute Gasteiger partial charge is 0.406 e. The van der Waals surface area contributed by atoms with Crippen LogP contribution in [-0.2, 0) is 9.84 Å². The van der Waals surface area contributed by atoms with Crippen LogP contribution in [0.1, 0.15) is 40.7 Å². The average Bonchev–Trinajstić information content (AvgIpc) is 3.13. The number of nitrogens with zero attached hydrogens (tertiary/aromatic N) is 6. The van der Waals surface area contributed by atoms with Crippen molar-refractivity contribution in [2.75, 3.05) is 6.26 Å². The van der Waals surface area contributed by atoms with Crippen molar-refractivity contribution in [3.63, 3.8) is 0 Å². The fourth-order valence-corrected chi connectivity index (χ4v) is 3.53. The molecule has 1 aromatic carbocycles. The summed E-state index contributed by atoms with van der Waals surface area (Å²) < 4.78 is 66.9. The Bertz CT molecular complexity index is 1400. The second-order valence-corrected chi connectivity index (χ2v) is 9.03. The van der Waals surface area contributed by atoms with E-state index in [0.717, 1.165) is 24.7 Å². The summed E-state index contributed by atoms with van der Waals surface area (Å²) >= 11 is 0. The second-order valence-electron chi connectivity index (χ2n) is 7.01. The molecule has 0 bridgehead atoms. The van der Waals surface area contributed by atoms with Crippen molar-refractivity contribution < 1.29 is 31.1 Å². The van der Waals surface area contributed by atoms with Gasteiger partial charge >= 0.3 is 6.36 Å². The minimum Gasteiger partial charge on any atom is -0.406 e. The third-order valence-electron chi connectivity index (χ3n) is 4.26. The summed E-state index contributed by atoms with van der Waals surface area (Å²) in [5.41, 5.74) is -0.318. The van der Waals surface area contributed by atoms with Crippen molar-refractivity contribution in [3.8, 4) is 17.6 Å². The molecule has 3 rings (SSSR count). The molecule has 0 radical (unpaired) electrons. The average molecular weight is 495 g/mol. The largest absolute Gasteiger partial charge is 0.573 e. The molecule has 0 saturated carbocycles. The molecular formula is C19H16F3N7O4S. The second kappa shape index (κ2) is 9.06. The maximum atomic E-state index is 12.8. The van der Waals surface area contributed by atoms with E-state index >= 15 is 0 Å². The Balaban J connectivity index is 1.95. The number of ether oxygens (including phenoxy) is 1. The number of amides is 1. The number of alkyl halides is 3. The van der Waals surface area contributed by atoms with Crippen molar-refractivity contribution in [1.29, 1.82) is 5.26 Å². The molecule has 2 aromatic heterocycles. The number of nitriles is 1. The molecule has 11 nitrogen and oxygen atoms in total. The van der Waals surface area contributed by atoms with Crippen molar-refractivity contribution in [1.82, 2.24) is 30.0 Å².